The van der Waals surface area contributed by atoms with E-state index in [1.165, 1.54) is 36.4 Å². The van der Waals surface area contributed by atoms with Crippen LogP contribution in [0.25, 0.3) is 5.57 Å². The summed E-state index contributed by atoms with van der Waals surface area (Å²) < 4.78 is 33.9. The molecule has 2 aromatic carbocycles. The molecule has 2 N–H and O–H groups in total. The Kier molecular flexibility index (Phi) is 8.28. The van der Waals surface area contributed by atoms with E-state index in [1.807, 2.05) is 6.92 Å². The molecule has 0 heterocycles. The molecule has 0 spiro atoms. The number of carbonyl (C=O) groups excluding carboxylic acids is 1. The van der Waals surface area contributed by atoms with Gasteiger partial charge in [-0.2, -0.15) is 12.6 Å². The molecule has 180 valence electrons. The van der Waals surface area contributed by atoms with Gasteiger partial charge in [0, 0.05) is 30.7 Å². The largest absolute Gasteiger partial charge is 0.479 e. The summed E-state index contributed by atoms with van der Waals surface area (Å²) >= 11 is 4.27. The smallest absolute Gasteiger partial charge is 0.341 e. The van der Waals surface area contributed by atoms with Gasteiger partial charge in [-0.25, -0.2) is 13.6 Å². The third-order valence-electron chi connectivity index (χ3n) is 5.87. The number of halogens is 2. The van der Waals surface area contributed by atoms with Crippen molar-refractivity contribution in [3.8, 4) is 0 Å². The summed E-state index contributed by atoms with van der Waals surface area (Å²) in [5.41, 5.74) is 0.654. The summed E-state index contributed by atoms with van der Waals surface area (Å²) in [6, 6.07) is 11.6. The fourth-order valence-electron chi connectivity index (χ4n) is 4.15. The Morgan fingerprint density at radius 2 is 1.91 bits per heavy atom. The van der Waals surface area contributed by atoms with E-state index in [0.717, 1.165) is 5.57 Å². The SMILES string of the molecule is CCOC1(C(=O)O)CC(CC)=C(CNC(=O)C(S)c2ccccc2F)C=C1c1cccc(F)c1. The van der Waals surface area contributed by atoms with Crippen molar-refractivity contribution in [1.82, 2.24) is 5.32 Å². The second-order valence-corrected chi connectivity index (χ2v) is 8.45. The number of thiol groups is 1. The van der Waals surface area contributed by atoms with Crippen LogP contribution in [0.1, 0.15) is 43.1 Å². The highest BCUT2D eigenvalue weighted by atomic mass is 32.1. The summed E-state index contributed by atoms with van der Waals surface area (Å²) in [6.07, 6.45) is 2.23. The van der Waals surface area contributed by atoms with E-state index in [4.69, 9.17) is 4.74 Å². The Balaban J connectivity index is 1.96. The zero-order chi connectivity index (χ0) is 24.9. The number of carboxylic acid groups (broad SMARTS) is 1. The lowest BCUT2D eigenvalue weighted by atomic mass is 9.75. The Morgan fingerprint density at radius 1 is 1.18 bits per heavy atom. The Hall–Kier alpha value is -2.97. The number of hydrogen-bond donors (Lipinski definition) is 3. The maximum absolute atomic E-state index is 14.1. The van der Waals surface area contributed by atoms with Crippen molar-refractivity contribution in [2.24, 2.45) is 0 Å². The number of rotatable bonds is 9. The minimum absolute atomic E-state index is 0.0534. The van der Waals surface area contributed by atoms with Crippen molar-refractivity contribution in [1.29, 1.82) is 0 Å². The van der Waals surface area contributed by atoms with Crippen LogP contribution in [0.15, 0.2) is 65.8 Å². The first-order chi connectivity index (χ1) is 16.2. The van der Waals surface area contributed by atoms with Crippen molar-refractivity contribution in [2.75, 3.05) is 13.2 Å². The predicted octanol–water partition coefficient (Wildman–Crippen LogP) is 5.11. The highest BCUT2D eigenvalue weighted by molar-refractivity contribution is 7.81. The summed E-state index contributed by atoms with van der Waals surface area (Å²) in [4.78, 5) is 25.2. The molecule has 0 saturated carbocycles. The van der Waals surface area contributed by atoms with Gasteiger partial charge in [-0.15, -0.1) is 0 Å². The zero-order valence-electron chi connectivity index (χ0n) is 19.0. The molecule has 0 fully saturated rings. The lowest BCUT2D eigenvalue weighted by Gasteiger charge is -2.37. The minimum Gasteiger partial charge on any atom is -0.479 e. The van der Waals surface area contributed by atoms with Crippen molar-refractivity contribution >= 4 is 30.1 Å². The Bertz CT molecular complexity index is 1150. The van der Waals surface area contributed by atoms with Crippen LogP contribution in [0.3, 0.4) is 0 Å². The highest BCUT2D eigenvalue weighted by Gasteiger charge is 2.46. The van der Waals surface area contributed by atoms with Gasteiger partial charge >= 0.3 is 5.97 Å². The number of amides is 1. The average Bonchev–Trinajstić information content (AvgIpc) is 2.82. The molecule has 1 aliphatic carbocycles. The minimum atomic E-state index is -1.68. The first-order valence-electron chi connectivity index (χ1n) is 11.0. The van der Waals surface area contributed by atoms with Crippen LogP contribution in [0.5, 0.6) is 0 Å². The van der Waals surface area contributed by atoms with E-state index < -0.39 is 34.4 Å². The number of aliphatic carboxylic acids is 1. The van der Waals surface area contributed by atoms with Crippen molar-refractivity contribution in [2.45, 2.75) is 37.5 Å². The summed E-state index contributed by atoms with van der Waals surface area (Å²) in [6.45, 7) is 3.81. The summed E-state index contributed by atoms with van der Waals surface area (Å²) in [5, 5.41) is 11.9. The standard InChI is InChI=1S/C26H27F2NO4S/c1-3-16-14-26(25(31)32,33-4-2)21(17-8-7-9-19(27)12-17)13-18(16)15-29-24(30)23(34)20-10-5-6-11-22(20)28/h5-13,23,34H,3-4,14-15H2,1-2H3,(H,29,30)(H,31,32). The van der Waals surface area contributed by atoms with E-state index in [9.17, 15) is 23.5 Å². The van der Waals surface area contributed by atoms with Crippen LogP contribution < -0.4 is 5.32 Å². The number of ether oxygens (including phenoxy) is 1. The van der Waals surface area contributed by atoms with Gasteiger partial charge in [0.25, 0.3) is 0 Å². The quantitative estimate of drug-likeness (QED) is 0.430. The van der Waals surface area contributed by atoms with Gasteiger partial charge in [0.05, 0.1) is 0 Å². The van der Waals surface area contributed by atoms with Gasteiger partial charge < -0.3 is 15.2 Å². The van der Waals surface area contributed by atoms with Crippen molar-refractivity contribution in [3.63, 3.8) is 0 Å². The number of carbonyl (C=O) groups is 2. The van der Waals surface area contributed by atoms with Crippen LogP contribution in [-0.2, 0) is 14.3 Å². The molecule has 0 saturated heterocycles. The highest BCUT2D eigenvalue weighted by Crippen LogP contribution is 2.43. The van der Waals surface area contributed by atoms with Crippen molar-refractivity contribution < 1.29 is 28.2 Å². The van der Waals surface area contributed by atoms with Gasteiger partial charge in [0.2, 0.25) is 5.91 Å². The molecule has 2 atom stereocenters. The number of hydrogen-bond acceptors (Lipinski definition) is 4. The summed E-state index contributed by atoms with van der Waals surface area (Å²) in [7, 11) is 0. The molecule has 0 aliphatic heterocycles. The molecule has 1 aliphatic rings. The van der Waals surface area contributed by atoms with E-state index in [-0.39, 0.29) is 25.1 Å². The maximum Gasteiger partial charge on any atom is 0.341 e. The van der Waals surface area contributed by atoms with Gasteiger partial charge in [-0.05, 0) is 48.8 Å². The molecule has 2 unspecified atom stereocenters. The maximum atomic E-state index is 14.1. The number of nitrogens with one attached hydrogen (secondary N) is 1. The fourth-order valence-corrected chi connectivity index (χ4v) is 4.45. The van der Waals surface area contributed by atoms with Crippen molar-refractivity contribution in [3.05, 3.63) is 88.5 Å². The molecule has 0 bridgehead atoms. The van der Waals surface area contributed by atoms with E-state index in [0.29, 0.717) is 23.1 Å². The Morgan fingerprint density at radius 3 is 2.53 bits per heavy atom. The second kappa shape index (κ2) is 11.0. The van der Waals surface area contributed by atoms with E-state index in [1.54, 1.807) is 25.1 Å². The fraction of sp³-hybridized carbons (Fsp3) is 0.308. The van der Waals surface area contributed by atoms with Gasteiger partial charge in [-0.3, -0.25) is 4.79 Å². The van der Waals surface area contributed by atoms with Crippen LogP contribution >= 0.6 is 12.6 Å². The molecule has 2 aromatic rings. The molecule has 0 aromatic heterocycles. The zero-order valence-corrected chi connectivity index (χ0v) is 19.9. The molecule has 1 amide bonds. The molecule has 34 heavy (non-hydrogen) atoms. The van der Waals surface area contributed by atoms with Gasteiger partial charge in [0.1, 0.15) is 16.9 Å². The van der Waals surface area contributed by atoms with Gasteiger partial charge in [0.15, 0.2) is 5.60 Å². The monoisotopic (exact) mass is 487 g/mol. The van der Waals surface area contributed by atoms with Crippen LogP contribution in [0, 0.1) is 11.6 Å². The van der Waals surface area contributed by atoms with Crippen LogP contribution in [0.4, 0.5) is 8.78 Å². The first kappa shape index (κ1) is 25.6. The first-order valence-corrected chi connectivity index (χ1v) is 11.5. The topological polar surface area (TPSA) is 75.6 Å². The molecule has 3 rings (SSSR count). The van der Waals surface area contributed by atoms with E-state index in [2.05, 4.69) is 17.9 Å². The van der Waals surface area contributed by atoms with Gasteiger partial charge in [-0.1, -0.05) is 42.8 Å². The molecule has 5 nitrogen and oxygen atoms in total. The third-order valence-corrected chi connectivity index (χ3v) is 6.38. The Labute approximate surface area is 202 Å². The molecule has 8 heteroatoms. The van der Waals surface area contributed by atoms with Crippen LogP contribution in [0.2, 0.25) is 0 Å². The lowest BCUT2D eigenvalue weighted by Crippen LogP contribution is -2.45. The summed E-state index contributed by atoms with van der Waals surface area (Å²) in [5.74, 6) is -2.69. The predicted molar refractivity (Wildman–Crippen MR) is 129 cm³/mol. The van der Waals surface area contributed by atoms with Crippen LogP contribution in [-0.4, -0.2) is 35.7 Å². The second-order valence-electron chi connectivity index (χ2n) is 7.93. The lowest BCUT2D eigenvalue weighted by molar-refractivity contribution is -0.157. The molecular weight excluding hydrogens is 460 g/mol. The number of benzene rings is 2. The van der Waals surface area contributed by atoms with E-state index >= 15 is 0 Å². The number of carboxylic acids is 1. The average molecular weight is 488 g/mol. The third kappa shape index (κ3) is 5.23. The molecular formula is C26H27F2NO4S. The molecule has 0 radical (unpaired) electrons. The normalized spacial score (nSPS) is 18.9.